The second-order valence-electron chi connectivity index (χ2n) is 2.50. The summed E-state index contributed by atoms with van der Waals surface area (Å²) < 4.78 is 0. The van der Waals surface area contributed by atoms with Crippen molar-refractivity contribution in [1.82, 2.24) is 0 Å². The molecule has 0 aromatic heterocycles. The summed E-state index contributed by atoms with van der Waals surface area (Å²) in [5.41, 5.74) is 0. The third-order valence-electron chi connectivity index (χ3n) is 1.77. The molecule has 0 atom stereocenters. The summed E-state index contributed by atoms with van der Waals surface area (Å²) >= 11 is 0. The molecule has 1 N–H and O–H groups in total. The number of carbonyl (C=O) groups excluding carboxylic acids is 3. The Hall–Kier alpha value is -1.96. The number of aromatic hydroxyl groups is 1. The number of hydrogen-bond donors (Lipinski definition) is 1. The monoisotopic (exact) mass is 280 g/mol. The molecule has 90 valence electrons. The van der Waals surface area contributed by atoms with Gasteiger partial charge in [-0.2, -0.15) is 0 Å². The average Bonchev–Trinajstić information content (AvgIpc) is 2.46. The Balaban J connectivity index is -0.000000285. The van der Waals surface area contributed by atoms with Crippen LogP contribution in [0.3, 0.4) is 0 Å². The number of rotatable bonds is 0. The van der Waals surface area contributed by atoms with Gasteiger partial charge >= 0.3 is 0 Å². The molecule has 0 aliphatic heterocycles. The van der Waals surface area contributed by atoms with E-state index in [4.69, 9.17) is 14.4 Å². The van der Waals surface area contributed by atoms with Gasteiger partial charge in [0, 0.05) is 22.7 Å². The Bertz CT molecular complexity index is 424. The molecule has 0 heterocycles. The van der Waals surface area contributed by atoms with Crippen molar-refractivity contribution in [2.24, 2.45) is 0 Å². The van der Waals surface area contributed by atoms with Gasteiger partial charge < -0.3 is 5.11 Å². The first kappa shape index (κ1) is 21.3. The third-order valence-corrected chi connectivity index (χ3v) is 1.77. The predicted octanol–water partition coefficient (Wildman–Crippen LogP) is 1.35. The quantitative estimate of drug-likeness (QED) is 0.790. The number of hydrogen-bond acceptors (Lipinski definition) is 4. The van der Waals surface area contributed by atoms with Crippen LogP contribution in [0.25, 0.3) is 10.8 Å². The standard InChI is InChI=1S/C10H8O.3CO.Cr/c11-10-7-3-5-8-4-1-2-6-9(8)10;3*1-2;/h1-7,11H;;;;. The van der Waals surface area contributed by atoms with Gasteiger partial charge in [-0.05, 0) is 11.5 Å². The van der Waals surface area contributed by atoms with E-state index < -0.39 is 0 Å². The van der Waals surface area contributed by atoms with Crippen LogP contribution >= 0.6 is 0 Å². The van der Waals surface area contributed by atoms with Crippen LogP contribution in [-0.2, 0) is 31.7 Å². The molecule has 0 bridgehead atoms. The van der Waals surface area contributed by atoms with Crippen LogP contribution in [0.4, 0.5) is 0 Å². The molecule has 2 rings (SSSR count). The van der Waals surface area contributed by atoms with Crippen LogP contribution in [0, 0.1) is 0 Å². The third kappa shape index (κ3) is 6.59. The normalized spacial score (nSPS) is 6.89. The summed E-state index contributed by atoms with van der Waals surface area (Å²) in [6, 6.07) is 13.3. The van der Waals surface area contributed by atoms with Crippen LogP contribution in [0.1, 0.15) is 0 Å². The van der Waals surface area contributed by atoms with Crippen molar-refractivity contribution in [3.8, 4) is 5.75 Å². The zero-order valence-electron chi connectivity index (χ0n) is 9.12. The van der Waals surface area contributed by atoms with E-state index in [1.807, 2.05) is 36.4 Å². The van der Waals surface area contributed by atoms with Gasteiger partial charge in [0.1, 0.15) is 5.75 Å². The molecule has 5 heteroatoms. The SMILES string of the molecule is Oc1cccc2ccccc12.[C]=O.[C]=O.[C]=O.[Cr]. The average molecular weight is 280 g/mol. The van der Waals surface area contributed by atoms with E-state index in [1.54, 1.807) is 6.07 Å². The van der Waals surface area contributed by atoms with Crippen LogP contribution < -0.4 is 0 Å². The molecule has 4 nitrogen and oxygen atoms in total. The molecule has 18 heavy (non-hydrogen) atoms. The Morgan fingerprint density at radius 1 is 0.722 bits per heavy atom. The Kier molecular flexibility index (Phi) is 17.8. The summed E-state index contributed by atoms with van der Waals surface area (Å²) in [6.45, 7) is 13.5. The topological polar surface area (TPSA) is 71.4 Å². The Labute approximate surface area is 116 Å². The molecule has 2 aromatic carbocycles. The zero-order chi connectivity index (χ0) is 13.7. The van der Waals surface area contributed by atoms with Crippen LogP contribution in [0.15, 0.2) is 42.5 Å². The maximum absolute atomic E-state index is 9.37. The molecule has 0 saturated heterocycles. The van der Waals surface area contributed by atoms with Crippen molar-refractivity contribution < 1.29 is 36.9 Å². The van der Waals surface area contributed by atoms with Gasteiger partial charge in [0.2, 0.25) is 0 Å². The fourth-order valence-corrected chi connectivity index (χ4v) is 1.21. The predicted molar refractivity (Wildman–Crippen MR) is 62.7 cm³/mol. The molecule has 0 aliphatic rings. The van der Waals surface area contributed by atoms with Gasteiger partial charge in [0.15, 0.2) is 0 Å². The van der Waals surface area contributed by atoms with E-state index in [1.165, 1.54) is 0 Å². The molecule has 0 fully saturated rings. The van der Waals surface area contributed by atoms with Crippen molar-refractivity contribution >= 4 is 31.1 Å². The van der Waals surface area contributed by atoms with E-state index in [9.17, 15) is 5.11 Å². The largest absolute Gasteiger partial charge is 0.507 e. The van der Waals surface area contributed by atoms with Gasteiger partial charge in [-0.15, -0.1) is 0 Å². The fraction of sp³-hybridized carbons (Fsp3) is 0. The number of phenols is 1. The van der Waals surface area contributed by atoms with E-state index in [0.717, 1.165) is 10.8 Å². The van der Waals surface area contributed by atoms with Crippen LogP contribution in [0.5, 0.6) is 5.75 Å². The van der Waals surface area contributed by atoms with E-state index in [0.29, 0.717) is 5.75 Å². The maximum atomic E-state index is 9.37. The first-order chi connectivity index (χ1) is 8.38. The van der Waals surface area contributed by atoms with Gasteiger partial charge in [-0.3, -0.25) is 14.4 Å². The zero-order valence-corrected chi connectivity index (χ0v) is 10.4. The number of fused-ring (bicyclic) bond motifs is 1. The van der Waals surface area contributed by atoms with E-state index in [-0.39, 0.29) is 17.4 Å². The summed E-state index contributed by atoms with van der Waals surface area (Å²) in [5, 5.41) is 11.4. The minimum Gasteiger partial charge on any atom is -0.507 e. The van der Waals surface area contributed by atoms with E-state index in [2.05, 4.69) is 20.4 Å². The van der Waals surface area contributed by atoms with Crippen LogP contribution in [0.2, 0.25) is 0 Å². The van der Waals surface area contributed by atoms with Gasteiger partial charge in [0.05, 0.1) is 0 Å². The molecule has 6 radical (unpaired) electrons. The second-order valence-corrected chi connectivity index (χ2v) is 2.50. The summed E-state index contributed by atoms with van der Waals surface area (Å²) in [4.78, 5) is 22.5. The van der Waals surface area contributed by atoms with Crippen molar-refractivity contribution in [2.45, 2.75) is 0 Å². The molecule has 0 spiro atoms. The Morgan fingerprint density at radius 2 is 1.17 bits per heavy atom. The van der Waals surface area contributed by atoms with Crippen LogP contribution in [-0.4, -0.2) is 25.5 Å². The first-order valence-electron chi connectivity index (χ1n) is 4.16. The van der Waals surface area contributed by atoms with Crippen molar-refractivity contribution in [3.63, 3.8) is 0 Å². The summed E-state index contributed by atoms with van der Waals surface area (Å²) in [7, 11) is 0. The van der Waals surface area contributed by atoms with Gasteiger partial charge in [-0.1, -0.05) is 36.4 Å². The minimum absolute atomic E-state index is 0. The molecular weight excluding hydrogens is 272 g/mol. The molecule has 2 aromatic rings. The number of phenolic OH excluding ortho intramolecular Hbond substituents is 1. The van der Waals surface area contributed by atoms with Gasteiger partial charge in [0.25, 0.3) is 20.4 Å². The fourth-order valence-electron chi connectivity index (χ4n) is 1.21. The Morgan fingerprint density at radius 3 is 1.67 bits per heavy atom. The summed E-state index contributed by atoms with van der Waals surface area (Å²) in [5.74, 6) is 0.350. The first-order valence-corrected chi connectivity index (χ1v) is 4.16. The second kappa shape index (κ2) is 15.0. The van der Waals surface area contributed by atoms with Crippen molar-refractivity contribution in [2.75, 3.05) is 0 Å². The minimum atomic E-state index is 0. The smallest absolute Gasteiger partial charge is 0.281 e. The van der Waals surface area contributed by atoms with Crippen molar-refractivity contribution in [3.05, 3.63) is 42.5 Å². The maximum Gasteiger partial charge on any atom is 0.281 e. The molecule has 0 saturated carbocycles. The van der Waals surface area contributed by atoms with Crippen molar-refractivity contribution in [1.29, 1.82) is 0 Å². The molecule has 0 unspecified atom stereocenters. The summed E-state index contributed by atoms with van der Waals surface area (Å²) in [6.07, 6.45) is 0. The number of benzene rings is 2. The molecule has 0 amide bonds. The molecule has 0 aliphatic carbocycles. The van der Waals surface area contributed by atoms with E-state index >= 15 is 0 Å². The molecular formula is C13H8CrO4. The van der Waals surface area contributed by atoms with Gasteiger partial charge in [-0.25, -0.2) is 0 Å².